The standard InChI is InChI=1S/C17H19ClN4O3/c1-12-14(16(18)20(2)19-12)3-4-15(23)21-6-8-22(9-7-21)17(24)13-5-10-25-11-13/h3-5,10-11H,6-9H2,1-2H3/b4-3+. The highest BCUT2D eigenvalue weighted by molar-refractivity contribution is 6.31. The summed E-state index contributed by atoms with van der Waals surface area (Å²) in [4.78, 5) is 28.0. The number of rotatable bonds is 3. The molecule has 3 rings (SSSR count). The van der Waals surface area contributed by atoms with Crippen molar-refractivity contribution in [2.24, 2.45) is 7.05 Å². The number of hydrogen-bond donors (Lipinski definition) is 0. The average Bonchev–Trinajstić information content (AvgIpc) is 3.22. The van der Waals surface area contributed by atoms with Crippen molar-refractivity contribution in [3.05, 3.63) is 46.6 Å². The van der Waals surface area contributed by atoms with Crippen molar-refractivity contribution in [3.8, 4) is 0 Å². The first-order valence-corrected chi connectivity index (χ1v) is 8.32. The van der Waals surface area contributed by atoms with E-state index in [0.717, 1.165) is 11.3 Å². The second kappa shape index (κ2) is 7.14. The molecule has 7 nitrogen and oxygen atoms in total. The van der Waals surface area contributed by atoms with Crippen LogP contribution in [0.4, 0.5) is 0 Å². The van der Waals surface area contributed by atoms with Gasteiger partial charge in [-0.15, -0.1) is 0 Å². The van der Waals surface area contributed by atoms with E-state index in [1.54, 1.807) is 33.7 Å². The topological polar surface area (TPSA) is 71.6 Å². The van der Waals surface area contributed by atoms with Gasteiger partial charge >= 0.3 is 0 Å². The molecule has 0 aromatic carbocycles. The lowest BCUT2D eigenvalue weighted by Gasteiger charge is -2.34. The number of aryl methyl sites for hydroxylation is 2. The highest BCUT2D eigenvalue weighted by atomic mass is 35.5. The van der Waals surface area contributed by atoms with Crippen molar-refractivity contribution in [3.63, 3.8) is 0 Å². The van der Waals surface area contributed by atoms with Gasteiger partial charge in [0, 0.05) is 44.9 Å². The molecule has 0 N–H and O–H groups in total. The molecule has 0 spiro atoms. The smallest absolute Gasteiger partial charge is 0.257 e. The predicted molar refractivity (Wildman–Crippen MR) is 93.2 cm³/mol. The van der Waals surface area contributed by atoms with E-state index >= 15 is 0 Å². The number of amides is 2. The van der Waals surface area contributed by atoms with E-state index < -0.39 is 0 Å². The molecule has 0 aliphatic carbocycles. The third-order valence-corrected chi connectivity index (χ3v) is 4.68. The van der Waals surface area contributed by atoms with Gasteiger partial charge < -0.3 is 14.2 Å². The minimum atomic E-state index is -0.102. The normalized spacial score (nSPS) is 15.2. The Morgan fingerprint density at radius 1 is 1.24 bits per heavy atom. The van der Waals surface area contributed by atoms with Crippen LogP contribution < -0.4 is 0 Å². The summed E-state index contributed by atoms with van der Waals surface area (Å²) in [6.07, 6.45) is 6.10. The quantitative estimate of drug-likeness (QED) is 0.783. The second-order valence-corrected chi connectivity index (χ2v) is 6.23. The van der Waals surface area contributed by atoms with Crippen molar-refractivity contribution in [1.82, 2.24) is 19.6 Å². The number of nitrogens with zero attached hydrogens (tertiary/aromatic N) is 4. The van der Waals surface area contributed by atoms with Gasteiger partial charge in [0.1, 0.15) is 11.4 Å². The van der Waals surface area contributed by atoms with E-state index in [0.29, 0.717) is 36.9 Å². The zero-order valence-electron chi connectivity index (χ0n) is 14.1. The molecule has 1 fully saturated rings. The number of carbonyl (C=O) groups is 2. The summed E-state index contributed by atoms with van der Waals surface area (Å²) < 4.78 is 6.51. The predicted octanol–water partition coefficient (Wildman–Crippen LogP) is 1.97. The molecule has 8 heteroatoms. The van der Waals surface area contributed by atoms with Gasteiger partial charge in [0.2, 0.25) is 5.91 Å². The molecule has 1 aliphatic heterocycles. The Hall–Kier alpha value is -2.54. The maximum Gasteiger partial charge on any atom is 0.257 e. The van der Waals surface area contributed by atoms with Gasteiger partial charge in [-0.3, -0.25) is 14.3 Å². The number of halogens is 1. The first-order chi connectivity index (χ1) is 12.0. The van der Waals surface area contributed by atoms with Crippen LogP contribution in [0, 0.1) is 6.92 Å². The van der Waals surface area contributed by atoms with E-state index in [2.05, 4.69) is 5.10 Å². The summed E-state index contributed by atoms with van der Waals surface area (Å²) in [7, 11) is 1.75. The molecule has 0 saturated carbocycles. The molecule has 2 amide bonds. The van der Waals surface area contributed by atoms with Crippen molar-refractivity contribution >= 4 is 29.5 Å². The first-order valence-electron chi connectivity index (χ1n) is 7.95. The zero-order valence-corrected chi connectivity index (χ0v) is 14.9. The van der Waals surface area contributed by atoms with Crippen LogP contribution in [0.2, 0.25) is 5.15 Å². The lowest BCUT2D eigenvalue weighted by molar-refractivity contribution is -0.127. The minimum absolute atomic E-state index is 0.0749. The van der Waals surface area contributed by atoms with Crippen molar-refractivity contribution in [2.75, 3.05) is 26.2 Å². The van der Waals surface area contributed by atoms with Crippen LogP contribution >= 0.6 is 11.6 Å². The molecule has 2 aromatic heterocycles. The molecule has 0 atom stereocenters. The van der Waals surface area contributed by atoms with Crippen LogP contribution in [0.5, 0.6) is 0 Å². The Labute approximate surface area is 150 Å². The lowest BCUT2D eigenvalue weighted by Crippen LogP contribution is -2.50. The third-order valence-electron chi connectivity index (χ3n) is 4.24. The SMILES string of the molecule is Cc1nn(C)c(Cl)c1/C=C/C(=O)N1CCN(C(=O)c2ccoc2)CC1. The molecule has 132 valence electrons. The van der Waals surface area contributed by atoms with Gasteiger partial charge in [0.15, 0.2) is 0 Å². The van der Waals surface area contributed by atoms with Crippen LogP contribution in [0.3, 0.4) is 0 Å². The molecule has 1 saturated heterocycles. The Morgan fingerprint density at radius 3 is 2.48 bits per heavy atom. The zero-order chi connectivity index (χ0) is 18.0. The van der Waals surface area contributed by atoms with Crippen molar-refractivity contribution in [1.29, 1.82) is 0 Å². The third kappa shape index (κ3) is 3.61. The number of carbonyl (C=O) groups excluding carboxylic acids is 2. The number of furan rings is 1. The fourth-order valence-corrected chi connectivity index (χ4v) is 3.03. The van der Waals surface area contributed by atoms with Gasteiger partial charge in [0.05, 0.1) is 17.5 Å². The lowest BCUT2D eigenvalue weighted by atomic mass is 10.2. The number of piperazine rings is 1. The van der Waals surface area contributed by atoms with Crippen molar-refractivity contribution < 1.29 is 14.0 Å². The van der Waals surface area contributed by atoms with Crippen molar-refractivity contribution in [2.45, 2.75) is 6.92 Å². The highest BCUT2D eigenvalue weighted by Gasteiger charge is 2.24. The Morgan fingerprint density at radius 2 is 1.92 bits per heavy atom. The number of hydrogen-bond acceptors (Lipinski definition) is 4. The Bertz CT molecular complexity index is 802. The van der Waals surface area contributed by atoms with Gasteiger partial charge in [-0.2, -0.15) is 5.10 Å². The van der Waals surface area contributed by atoms with E-state index in [4.69, 9.17) is 16.0 Å². The fraction of sp³-hybridized carbons (Fsp3) is 0.353. The Kier molecular flexibility index (Phi) is 4.94. The molecular weight excluding hydrogens is 344 g/mol. The Balaban J connectivity index is 1.58. The molecule has 3 heterocycles. The van der Waals surface area contributed by atoms with E-state index in [1.807, 2.05) is 6.92 Å². The van der Waals surface area contributed by atoms with E-state index in [-0.39, 0.29) is 11.8 Å². The van der Waals surface area contributed by atoms with Gasteiger partial charge in [0.25, 0.3) is 5.91 Å². The molecule has 1 aliphatic rings. The van der Waals surface area contributed by atoms with E-state index in [9.17, 15) is 9.59 Å². The summed E-state index contributed by atoms with van der Waals surface area (Å²) in [5.74, 6) is -0.177. The number of aromatic nitrogens is 2. The van der Waals surface area contributed by atoms with Gasteiger partial charge in [-0.05, 0) is 19.1 Å². The minimum Gasteiger partial charge on any atom is -0.472 e. The average molecular weight is 363 g/mol. The van der Waals surface area contributed by atoms with Crippen LogP contribution in [-0.4, -0.2) is 57.6 Å². The van der Waals surface area contributed by atoms with Crippen LogP contribution in [0.25, 0.3) is 6.08 Å². The second-order valence-electron chi connectivity index (χ2n) is 5.88. The summed E-state index contributed by atoms with van der Waals surface area (Å²) in [5.41, 5.74) is 2.04. The summed E-state index contributed by atoms with van der Waals surface area (Å²) in [6.45, 7) is 3.82. The maximum atomic E-state index is 12.4. The monoisotopic (exact) mass is 362 g/mol. The highest BCUT2D eigenvalue weighted by Crippen LogP contribution is 2.20. The van der Waals surface area contributed by atoms with Crippen LogP contribution in [0.15, 0.2) is 29.1 Å². The fourth-order valence-electron chi connectivity index (χ4n) is 2.79. The molecule has 0 bridgehead atoms. The van der Waals surface area contributed by atoms with E-state index in [1.165, 1.54) is 18.6 Å². The van der Waals surface area contributed by atoms with Gasteiger partial charge in [-0.1, -0.05) is 11.6 Å². The summed E-state index contributed by atoms with van der Waals surface area (Å²) in [6, 6.07) is 1.64. The molecule has 0 radical (unpaired) electrons. The summed E-state index contributed by atoms with van der Waals surface area (Å²) >= 11 is 6.16. The molecule has 25 heavy (non-hydrogen) atoms. The molecule has 0 unspecified atom stereocenters. The molecule has 2 aromatic rings. The van der Waals surface area contributed by atoms with Gasteiger partial charge in [-0.25, -0.2) is 0 Å². The maximum absolute atomic E-state index is 12.4. The first kappa shape index (κ1) is 17.3. The molecular formula is C17H19ClN4O3. The van der Waals surface area contributed by atoms with Crippen LogP contribution in [-0.2, 0) is 11.8 Å². The largest absolute Gasteiger partial charge is 0.472 e. The summed E-state index contributed by atoms with van der Waals surface area (Å²) in [5, 5.41) is 4.71. The van der Waals surface area contributed by atoms with Crippen LogP contribution in [0.1, 0.15) is 21.6 Å².